The summed E-state index contributed by atoms with van der Waals surface area (Å²) in [4.78, 5) is 14.5. The van der Waals surface area contributed by atoms with Gasteiger partial charge in [-0.3, -0.25) is 0 Å². The predicted octanol–water partition coefficient (Wildman–Crippen LogP) is 4.11. The molecular formula is C17H29N3O2. The van der Waals surface area contributed by atoms with E-state index in [2.05, 4.69) is 17.4 Å². The first-order valence-corrected chi connectivity index (χ1v) is 8.50. The monoisotopic (exact) mass is 307 g/mol. The molecule has 1 N–H and O–H groups in total. The summed E-state index contributed by atoms with van der Waals surface area (Å²) in [6.07, 6.45) is 8.10. The SMILES string of the molecule is CC[C@H](NC(=O)N(C)C1CCCCCC1)c1c(C)noc1C. The summed E-state index contributed by atoms with van der Waals surface area (Å²) in [5.74, 6) is 0.793. The molecule has 5 nitrogen and oxygen atoms in total. The molecule has 0 radical (unpaired) electrons. The Morgan fingerprint density at radius 2 is 1.95 bits per heavy atom. The molecule has 1 aliphatic rings. The maximum Gasteiger partial charge on any atom is 0.317 e. The number of hydrogen-bond donors (Lipinski definition) is 1. The summed E-state index contributed by atoms with van der Waals surface area (Å²) in [7, 11) is 1.92. The van der Waals surface area contributed by atoms with Gasteiger partial charge in [0.1, 0.15) is 5.76 Å². The molecule has 0 spiro atoms. The Balaban J connectivity index is 2.02. The molecule has 1 aromatic rings. The number of amides is 2. The van der Waals surface area contributed by atoms with Crippen LogP contribution in [0.15, 0.2) is 4.52 Å². The lowest BCUT2D eigenvalue weighted by atomic mass is 10.0. The van der Waals surface area contributed by atoms with Gasteiger partial charge in [-0.15, -0.1) is 0 Å². The lowest BCUT2D eigenvalue weighted by Gasteiger charge is -2.29. The van der Waals surface area contributed by atoms with E-state index in [1.165, 1.54) is 25.7 Å². The summed E-state index contributed by atoms with van der Waals surface area (Å²) in [5.41, 5.74) is 1.88. The van der Waals surface area contributed by atoms with E-state index in [9.17, 15) is 4.79 Å². The van der Waals surface area contributed by atoms with Gasteiger partial charge in [-0.05, 0) is 33.1 Å². The normalized spacial score (nSPS) is 17.8. The van der Waals surface area contributed by atoms with E-state index in [0.29, 0.717) is 6.04 Å². The van der Waals surface area contributed by atoms with E-state index in [1.807, 2.05) is 25.8 Å². The number of nitrogens with one attached hydrogen (secondary N) is 1. The third-order valence-electron chi connectivity index (χ3n) is 4.84. The second-order valence-electron chi connectivity index (χ2n) is 6.40. The number of hydrogen-bond acceptors (Lipinski definition) is 3. The highest BCUT2D eigenvalue weighted by atomic mass is 16.5. The molecule has 1 aliphatic carbocycles. The minimum atomic E-state index is -0.0352. The zero-order chi connectivity index (χ0) is 16.1. The van der Waals surface area contributed by atoms with Crippen molar-refractivity contribution in [2.45, 2.75) is 77.8 Å². The van der Waals surface area contributed by atoms with E-state index in [-0.39, 0.29) is 12.1 Å². The minimum absolute atomic E-state index is 0.0127. The molecule has 22 heavy (non-hydrogen) atoms. The van der Waals surface area contributed by atoms with Gasteiger partial charge in [0, 0.05) is 18.7 Å². The van der Waals surface area contributed by atoms with Crippen molar-refractivity contribution in [3.05, 3.63) is 17.0 Å². The molecular weight excluding hydrogens is 278 g/mol. The minimum Gasteiger partial charge on any atom is -0.361 e. The Morgan fingerprint density at radius 3 is 2.45 bits per heavy atom. The van der Waals surface area contributed by atoms with Crippen LogP contribution >= 0.6 is 0 Å². The van der Waals surface area contributed by atoms with Crippen molar-refractivity contribution < 1.29 is 9.32 Å². The van der Waals surface area contributed by atoms with Crippen molar-refractivity contribution in [1.29, 1.82) is 0 Å². The lowest BCUT2D eigenvalue weighted by Crippen LogP contribution is -2.44. The fourth-order valence-corrected chi connectivity index (χ4v) is 3.43. The number of carbonyl (C=O) groups is 1. The summed E-state index contributed by atoms with van der Waals surface area (Å²) < 4.78 is 5.24. The molecule has 0 bridgehead atoms. The number of rotatable bonds is 4. The molecule has 0 unspecified atom stereocenters. The number of aromatic nitrogens is 1. The summed E-state index contributed by atoms with van der Waals surface area (Å²) in [6, 6.07) is 0.343. The second-order valence-corrected chi connectivity index (χ2v) is 6.40. The quantitative estimate of drug-likeness (QED) is 0.852. The van der Waals surface area contributed by atoms with Crippen LogP contribution in [-0.4, -0.2) is 29.2 Å². The molecule has 0 aliphatic heterocycles. The van der Waals surface area contributed by atoms with E-state index in [4.69, 9.17) is 4.52 Å². The molecule has 2 rings (SSSR count). The number of nitrogens with zero attached hydrogens (tertiary/aromatic N) is 2. The molecule has 0 saturated heterocycles. The third-order valence-corrected chi connectivity index (χ3v) is 4.84. The van der Waals surface area contributed by atoms with Crippen LogP contribution in [0.5, 0.6) is 0 Å². The van der Waals surface area contributed by atoms with Crippen LogP contribution in [0.3, 0.4) is 0 Å². The fraction of sp³-hybridized carbons (Fsp3) is 0.765. The summed E-state index contributed by atoms with van der Waals surface area (Å²) in [5, 5.41) is 7.15. The van der Waals surface area contributed by atoms with Gasteiger partial charge >= 0.3 is 6.03 Å². The molecule has 1 atom stereocenters. The first kappa shape index (κ1) is 16.8. The Kier molecular flexibility index (Phi) is 5.86. The standard InChI is InChI=1S/C17H29N3O2/c1-5-15(16-12(2)19-22-13(16)3)18-17(21)20(4)14-10-8-6-7-9-11-14/h14-15H,5-11H2,1-4H3,(H,18,21)/t15-/m0/s1. The van der Waals surface area contributed by atoms with Crippen LogP contribution in [-0.2, 0) is 0 Å². The largest absolute Gasteiger partial charge is 0.361 e. The van der Waals surface area contributed by atoms with Crippen LogP contribution in [0.1, 0.15) is 74.9 Å². The fourth-order valence-electron chi connectivity index (χ4n) is 3.43. The van der Waals surface area contributed by atoms with Crippen molar-refractivity contribution in [3.63, 3.8) is 0 Å². The number of carbonyl (C=O) groups excluding carboxylic acids is 1. The van der Waals surface area contributed by atoms with Crippen molar-refractivity contribution in [2.24, 2.45) is 0 Å². The molecule has 2 amide bonds. The molecule has 124 valence electrons. The predicted molar refractivity (Wildman–Crippen MR) is 86.8 cm³/mol. The Labute approximate surface area is 133 Å². The topological polar surface area (TPSA) is 58.4 Å². The van der Waals surface area contributed by atoms with Crippen LogP contribution in [0.4, 0.5) is 4.79 Å². The molecule has 0 aromatic carbocycles. The maximum atomic E-state index is 12.6. The maximum absolute atomic E-state index is 12.6. The molecule has 1 fully saturated rings. The second kappa shape index (κ2) is 7.65. The highest BCUT2D eigenvalue weighted by molar-refractivity contribution is 5.74. The van der Waals surface area contributed by atoms with Gasteiger partial charge < -0.3 is 14.7 Å². The Morgan fingerprint density at radius 1 is 1.32 bits per heavy atom. The Bertz CT molecular complexity index is 471. The number of aryl methyl sites for hydroxylation is 2. The first-order valence-electron chi connectivity index (χ1n) is 8.50. The van der Waals surface area contributed by atoms with Gasteiger partial charge in [0.05, 0.1) is 11.7 Å². The third kappa shape index (κ3) is 3.81. The van der Waals surface area contributed by atoms with Gasteiger partial charge in [0.15, 0.2) is 0 Å². The average molecular weight is 307 g/mol. The van der Waals surface area contributed by atoms with E-state index >= 15 is 0 Å². The summed E-state index contributed by atoms with van der Waals surface area (Å²) >= 11 is 0. The zero-order valence-electron chi connectivity index (χ0n) is 14.3. The van der Waals surface area contributed by atoms with Crippen LogP contribution < -0.4 is 5.32 Å². The van der Waals surface area contributed by atoms with Crippen molar-refractivity contribution in [3.8, 4) is 0 Å². The lowest BCUT2D eigenvalue weighted by molar-refractivity contribution is 0.179. The zero-order valence-corrected chi connectivity index (χ0v) is 14.3. The van der Waals surface area contributed by atoms with Crippen molar-refractivity contribution in [2.75, 3.05) is 7.05 Å². The van der Waals surface area contributed by atoms with E-state index in [1.54, 1.807) is 0 Å². The molecule has 1 aromatic heterocycles. The molecule has 1 saturated carbocycles. The van der Waals surface area contributed by atoms with Gasteiger partial charge in [-0.1, -0.05) is 37.8 Å². The molecule has 5 heteroatoms. The Hall–Kier alpha value is -1.52. The van der Waals surface area contributed by atoms with Crippen LogP contribution in [0, 0.1) is 13.8 Å². The van der Waals surface area contributed by atoms with Gasteiger partial charge in [0.2, 0.25) is 0 Å². The average Bonchev–Trinajstić information content (AvgIpc) is 2.74. The molecule has 1 heterocycles. The van der Waals surface area contributed by atoms with Gasteiger partial charge in [0.25, 0.3) is 0 Å². The van der Waals surface area contributed by atoms with Gasteiger partial charge in [-0.2, -0.15) is 0 Å². The van der Waals surface area contributed by atoms with Crippen LogP contribution in [0.25, 0.3) is 0 Å². The van der Waals surface area contributed by atoms with Crippen molar-refractivity contribution >= 4 is 6.03 Å². The number of urea groups is 1. The van der Waals surface area contributed by atoms with Gasteiger partial charge in [-0.25, -0.2) is 4.79 Å². The van der Waals surface area contributed by atoms with E-state index < -0.39 is 0 Å². The van der Waals surface area contributed by atoms with Crippen LogP contribution in [0.2, 0.25) is 0 Å². The smallest absolute Gasteiger partial charge is 0.317 e. The summed E-state index contributed by atoms with van der Waals surface area (Å²) in [6.45, 7) is 5.90. The first-order chi connectivity index (χ1) is 10.5. The van der Waals surface area contributed by atoms with E-state index in [0.717, 1.165) is 36.3 Å². The highest BCUT2D eigenvalue weighted by Crippen LogP contribution is 2.25. The van der Waals surface area contributed by atoms with Crippen molar-refractivity contribution in [1.82, 2.24) is 15.4 Å². The highest BCUT2D eigenvalue weighted by Gasteiger charge is 2.25.